The van der Waals surface area contributed by atoms with Crippen LogP contribution in [0.1, 0.15) is 30.0 Å². The molecule has 3 rings (SSSR count). The molecule has 2 unspecified atom stereocenters. The predicted molar refractivity (Wildman–Crippen MR) is 99.7 cm³/mol. The van der Waals surface area contributed by atoms with Gasteiger partial charge in [-0.3, -0.25) is 0 Å². The minimum atomic E-state index is 0. The van der Waals surface area contributed by atoms with E-state index in [1.54, 1.807) is 7.11 Å². The van der Waals surface area contributed by atoms with E-state index in [0.717, 1.165) is 36.4 Å². The molecule has 1 aliphatic heterocycles. The smallest absolute Gasteiger partial charge is 0.124 e. The van der Waals surface area contributed by atoms with E-state index in [9.17, 15) is 0 Å². The van der Waals surface area contributed by atoms with Gasteiger partial charge >= 0.3 is 0 Å². The van der Waals surface area contributed by atoms with E-state index < -0.39 is 0 Å². The summed E-state index contributed by atoms with van der Waals surface area (Å²) >= 11 is 0. The number of nitrogens with one attached hydrogen (secondary N) is 1. The van der Waals surface area contributed by atoms with Gasteiger partial charge in [-0.15, -0.1) is 12.4 Å². The van der Waals surface area contributed by atoms with Crippen molar-refractivity contribution in [2.24, 2.45) is 0 Å². The number of benzene rings is 2. The zero-order valence-corrected chi connectivity index (χ0v) is 14.7. The second-order valence-electron chi connectivity index (χ2n) is 5.91. The minimum absolute atomic E-state index is 0. The standard InChI is InChI=1S/C19H24N2O2.ClH/c1-22-17-10-9-16(20)12-15(17)13-23-18-8-5-11-21-19(18)14-6-3-2-4-7-14;/h2-4,6-7,9-10,12,18-19,21H,5,8,11,13,20H2,1H3;1H. The number of hydrogen-bond donors (Lipinski definition) is 2. The highest BCUT2D eigenvalue weighted by molar-refractivity contribution is 5.85. The van der Waals surface area contributed by atoms with Crippen LogP contribution in [0.4, 0.5) is 5.69 Å². The van der Waals surface area contributed by atoms with Crippen molar-refractivity contribution < 1.29 is 9.47 Å². The summed E-state index contributed by atoms with van der Waals surface area (Å²) in [5, 5.41) is 3.58. The lowest BCUT2D eigenvalue weighted by Gasteiger charge is -2.33. The van der Waals surface area contributed by atoms with Crippen LogP contribution in [-0.4, -0.2) is 19.8 Å². The molecule has 0 saturated carbocycles. The Bertz CT molecular complexity index is 637. The van der Waals surface area contributed by atoms with Crippen LogP contribution in [0.15, 0.2) is 48.5 Å². The Morgan fingerprint density at radius 2 is 1.96 bits per heavy atom. The fraction of sp³-hybridized carbons (Fsp3) is 0.368. The number of ether oxygens (including phenoxy) is 2. The Hall–Kier alpha value is -1.75. The maximum absolute atomic E-state index is 6.24. The first-order chi connectivity index (χ1) is 11.3. The maximum Gasteiger partial charge on any atom is 0.124 e. The molecule has 0 spiro atoms. The SMILES string of the molecule is COc1ccc(N)cc1COC1CCCNC1c1ccccc1.Cl. The van der Waals surface area contributed by atoms with Crippen LogP contribution in [0.25, 0.3) is 0 Å². The Kier molecular flexibility index (Phi) is 6.91. The first kappa shape index (κ1) is 18.6. The van der Waals surface area contributed by atoms with E-state index in [1.807, 2.05) is 24.3 Å². The summed E-state index contributed by atoms with van der Waals surface area (Å²) in [4.78, 5) is 0. The topological polar surface area (TPSA) is 56.5 Å². The third-order valence-corrected chi connectivity index (χ3v) is 4.32. The van der Waals surface area contributed by atoms with Crippen LogP contribution >= 0.6 is 12.4 Å². The quantitative estimate of drug-likeness (QED) is 0.809. The molecule has 24 heavy (non-hydrogen) atoms. The van der Waals surface area contributed by atoms with Crippen molar-refractivity contribution in [1.82, 2.24) is 5.32 Å². The van der Waals surface area contributed by atoms with Crippen LogP contribution < -0.4 is 15.8 Å². The number of rotatable bonds is 5. The molecule has 0 bridgehead atoms. The average molecular weight is 349 g/mol. The summed E-state index contributed by atoms with van der Waals surface area (Å²) in [6.07, 6.45) is 2.33. The first-order valence-electron chi connectivity index (χ1n) is 8.10. The van der Waals surface area contributed by atoms with Crippen molar-refractivity contribution in [3.8, 4) is 5.75 Å². The normalized spacial score (nSPS) is 20.2. The number of anilines is 1. The lowest BCUT2D eigenvalue weighted by Crippen LogP contribution is -2.39. The van der Waals surface area contributed by atoms with Gasteiger partial charge in [0.25, 0.3) is 0 Å². The van der Waals surface area contributed by atoms with E-state index in [2.05, 4.69) is 29.6 Å². The molecular formula is C19H25ClN2O2. The second-order valence-corrected chi connectivity index (χ2v) is 5.91. The number of hydrogen-bond acceptors (Lipinski definition) is 4. The molecule has 3 N–H and O–H groups in total. The second kappa shape index (κ2) is 8.92. The fourth-order valence-electron chi connectivity index (χ4n) is 3.14. The van der Waals surface area contributed by atoms with Gasteiger partial charge in [0, 0.05) is 11.3 Å². The van der Waals surface area contributed by atoms with Crippen molar-refractivity contribution in [3.05, 3.63) is 59.7 Å². The summed E-state index contributed by atoms with van der Waals surface area (Å²) < 4.78 is 11.6. The molecule has 0 aromatic heterocycles. The van der Waals surface area contributed by atoms with E-state index in [4.69, 9.17) is 15.2 Å². The highest BCUT2D eigenvalue weighted by Gasteiger charge is 2.27. The molecule has 2 atom stereocenters. The number of piperidine rings is 1. The van der Waals surface area contributed by atoms with Gasteiger partial charge in [0.1, 0.15) is 5.75 Å². The number of halogens is 1. The van der Waals surface area contributed by atoms with Crippen LogP contribution in [0.5, 0.6) is 5.75 Å². The molecule has 5 heteroatoms. The summed E-state index contributed by atoms with van der Waals surface area (Å²) in [5.41, 5.74) is 8.88. The van der Waals surface area contributed by atoms with Crippen LogP contribution in [0.3, 0.4) is 0 Å². The largest absolute Gasteiger partial charge is 0.496 e. The van der Waals surface area contributed by atoms with Crippen molar-refractivity contribution in [2.75, 3.05) is 19.4 Å². The Morgan fingerprint density at radius 3 is 2.71 bits per heavy atom. The van der Waals surface area contributed by atoms with E-state index in [0.29, 0.717) is 6.61 Å². The molecule has 1 aliphatic rings. The fourth-order valence-corrected chi connectivity index (χ4v) is 3.14. The van der Waals surface area contributed by atoms with Crippen LogP contribution in [-0.2, 0) is 11.3 Å². The van der Waals surface area contributed by atoms with Gasteiger partial charge in [0.05, 0.1) is 25.9 Å². The van der Waals surface area contributed by atoms with Gasteiger partial charge in [-0.1, -0.05) is 30.3 Å². The molecule has 1 heterocycles. The monoisotopic (exact) mass is 348 g/mol. The third kappa shape index (κ3) is 4.41. The van der Waals surface area contributed by atoms with E-state index in [1.165, 1.54) is 5.56 Å². The number of methoxy groups -OCH3 is 1. The van der Waals surface area contributed by atoms with E-state index >= 15 is 0 Å². The van der Waals surface area contributed by atoms with Gasteiger partial charge in [0.2, 0.25) is 0 Å². The molecule has 130 valence electrons. The zero-order chi connectivity index (χ0) is 16.1. The van der Waals surface area contributed by atoms with Crippen molar-refractivity contribution in [1.29, 1.82) is 0 Å². The predicted octanol–water partition coefficient (Wildman–Crippen LogP) is 3.71. The molecule has 2 aromatic carbocycles. The molecule has 1 saturated heterocycles. The summed E-state index contributed by atoms with van der Waals surface area (Å²) in [6, 6.07) is 16.4. The summed E-state index contributed by atoms with van der Waals surface area (Å²) in [5.74, 6) is 0.819. The first-order valence-corrected chi connectivity index (χ1v) is 8.10. The Morgan fingerprint density at radius 1 is 1.17 bits per heavy atom. The Labute approximate surface area is 149 Å². The molecule has 0 radical (unpaired) electrons. The van der Waals surface area contributed by atoms with Gasteiger partial charge < -0.3 is 20.5 Å². The number of nitrogens with two attached hydrogens (primary N) is 1. The molecule has 1 fully saturated rings. The van der Waals surface area contributed by atoms with Crippen LogP contribution in [0.2, 0.25) is 0 Å². The lowest BCUT2D eigenvalue weighted by atomic mass is 9.94. The minimum Gasteiger partial charge on any atom is -0.496 e. The molecule has 4 nitrogen and oxygen atoms in total. The molecule has 0 aliphatic carbocycles. The van der Waals surface area contributed by atoms with Crippen molar-refractivity contribution in [3.63, 3.8) is 0 Å². The van der Waals surface area contributed by atoms with Gasteiger partial charge in [0.15, 0.2) is 0 Å². The lowest BCUT2D eigenvalue weighted by molar-refractivity contribution is -0.00423. The highest BCUT2D eigenvalue weighted by Crippen LogP contribution is 2.29. The third-order valence-electron chi connectivity index (χ3n) is 4.32. The highest BCUT2D eigenvalue weighted by atomic mass is 35.5. The average Bonchev–Trinajstić information content (AvgIpc) is 2.61. The van der Waals surface area contributed by atoms with Crippen molar-refractivity contribution in [2.45, 2.75) is 31.6 Å². The van der Waals surface area contributed by atoms with Crippen LogP contribution in [0, 0.1) is 0 Å². The van der Waals surface area contributed by atoms with E-state index in [-0.39, 0.29) is 24.6 Å². The molecule has 0 amide bonds. The summed E-state index contributed by atoms with van der Waals surface area (Å²) in [7, 11) is 1.67. The van der Waals surface area contributed by atoms with Gasteiger partial charge in [-0.25, -0.2) is 0 Å². The van der Waals surface area contributed by atoms with Gasteiger partial charge in [-0.05, 0) is 43.1 Å². The Balaban J connectivity index is 0.00000208. The van der Waals surface area contributed by atoms with Gasteiger partial charge in [-0.2, -0.15) is 0 Å². The molecular weight excluding hydrogens is 324 g/mol. The molecule has 2 aromatic rings. The van der Waals surface area contributed by atoms with Crippen molar-refractivity contribution >= 4 is 18.1 Å². The summed E-state index contributed by atoms with van der Waals surface area (Å²) in [6.45, 7) is 1.53. The number of nitrogen functional groups attached to an aromatic ring is 1. The maximum atomic E-state index is 6.24. The zero-order valence-electron chi connectivity index (χ0n) is 13.9.